The number of hydrogen-bond acceptors (Lipinski definition) is 4. The second-order valence-electron chi connectivity index (χ2n) is 5.80. The van der Waals surface area contributed by atoms with Crippen LogP contribution < -0.4 is 10.6 Å². The Hall–Kier alpha value is -1.63. The minimum atomic E-state index is -0.553. The quantitative estimate of drug-likeness (QED) is 0.747. The van der Waals surface area contributed by atoms with E-state index in [9.17, 15) is 9.90 Å². The number of aliphatic hydroxyl groups is 1. The number of aliphatic hydroxyl groups excluding tert-OH is 1. The zero-order chi connectivity index (χ0) is 15.4. The third kappa shape index (κ3) is 3.58. The van der Waals surface area contributed by atoms with Crippen LogP contribution in [0.3, 0.4) is 0 Å². The molecule has 3 N–H and O–H groups in total. The molecule has 22 heavy (non-hydrogen) atoms. The number of nitrogens with zero attached hydrogens (tertiary/aromatic N) is 1. The first kappa shape index (κ1) is 15.3. The van der Waals surface area contributed by atoms with Crippen LogP contribution in [0.5, 0.6) is 0 Å². The van der Waals surface area contributed by atoms with Gasteiger partial charge in [0.25, 0.3) is 0 Å². The molecular formula is C16H23N3O3. The van der Waals surface area contributed by atoms with Crippen LogP contribution in [0.15, 0.2) is 24.3 Å². The first-order valence-corrected chi connectivity index (χ1v) is 7.84. The topological polar surface area (TPSA) is 73.8 Å². The number of carbonyl (C=O) groups excluding carboxylic acids is 1. The van der Waals surface area contributed by atoms with Crippen molar-refractivity contribution in [1.82, 2.24) is 15.5 Å². The maximum absolute atomic E-state index is 12.0. The summed E-state index contributed by atoms with van der Waals surface area (Å²) in [5, 5.41) is 15.9. The summed E-state index contributed by atoms with van der Waals surface area (Å²) in [5.41, 5.74) is 2.12. The predicted molar refractivity (Wildman–Crippen MR) is 82.7 cm³/mol. The van der Waals surface area contributed by atoms with Crippen LogP contribution in [0.25, 0.3) is 0 Å². The number of nitrogens with one attached hydrogen (secondary N) is 2. The molecule has 0 radical (unpaired) electrons. The minimum absolute atomic E-state index is 0.228. The van der Waals surface area contributed by atoms with Gasteiger partial charge in [-0.2, -0.15) is 0 Å². The lowest BCUT2D eigenvalue weighted by atomic mass is 10.1. The van der Waals surface area contributed by atoms with E-state index < -0.39 is 6.10 Å². The molecule has 1 saturated heterocycles. The van der Waals surface area contributed by atoms with Crippen molar-refractivity contribution in [3.63, 3.8) is 0 Å². The highest BCUT2D eigenvalue weighted by molar-refractivity contribution is 5.74. The summed E-state index contributed by atoms with van der Waals surface area (Å²) in [6.07, 6.45) is 0.0388. The number of hydrogen-bond donors (Lipinski definition) is 3. The number of ether oxygens (including phenoxy) is 1. The number of carbonyl (C=O) groups is 1. The van der Waals surface area contributed by atoms with E-state index in [1.165, 1.54) is 0 Å². The lowest BCUT2D eigenvalue weighted by molar-refractivity contribution is 0.0387. The van der Waals surface area contributed by atoms with Crippen molar-refractivity contribution in [2.45, 2.75) is 18.6 Å². The molecule has 6 heteroatoms. The standard InChI is InChI=1S/C16H23N3O3/c20-14-11-12-3-1-2-4-13(12)15(14)18-16(21)17-5-6-19-7-9-22-10-8-19/h1-4,14-15,20H,5-11H2,(H2,17,18,21)/t14-,15+/m0/s1. The molecule has 0 saturated carbocycles. The molecule has 1 aliphatic heterocycles. The summed E-state index contributed by atoms with van der Waals surface area (Å²) in [6.45, 7) is 4.77. The Balaban J connectivity index is 1.45. The van der Waals surface area contributed by atoms with E-state index >= 15 is 0 Å². The highest BCUT2D eigenvalue weighted by atomic mass is 16.5. The van der Waals surface area contributed by atoms with Gasteiger partial charge in [0.2, 0.25) is 0 Å². The molecule has 1 heterocycles. The summed E-state index contributed by atoms with van der Waals surface area (Å²) < 4.78 is 5.29. The van der Waals surface area contributed by atoms with Gasteiger partial charge in [-0.3, -0.25) is 4.90 Å². The van der Waals surface area contributed by atoms with Gasteiger partial charge in [0.15, 0.2) is 0 Å². The molecule has 6 nitrogen and oxygen atoms in total. The molecule has 0 spiro atoms. The Bertz CT molecular complexity index is 517. The zero-order valence-corrected chi connectivity index (χ0v) is 12.6. The van der Waals surface area contributed by atoms with Crippen LogP contribution in [-0.2, 0) is 11.2 Å². The SMILES string of the molecule is O=C(NCCN1CCOCC1)N[C@@H]1c2ccccc2C[C@@H]1O. The van der Waals surface area contributed by atoms with E-state index in [1.807, 2.05) is 24.3 Å². The molecule has 2 amide bonds. The number of fused-ring (bicyclic) bond motifs is 1. The highest BCUT2D eigenvalue weighted by Gasteiger charge is 2.31. The van der Waals surface area contributed by atoms with Crippen molar-refractivity contribution >= 4 is 6.03 Å². The molecule has 0 unspecified atom stereocenters. The summed E-state index contributed by atoms with van der Waals surface area (Å²) in [6, 6.07) is 7.30. The number of rotatable bonds is 4. The van der Waals surface area contributed by atoms with E-state index in [-0.39, 0.29) is 12.1 Å². The zero-order valence-electron chi connectivity index (χ0n) is 12.6. The molecule has 1 aromatic rings. The van der Waals surface area contributed by atoms with Gasteiger partial charge in [-0.25, -0.2) is 4.79 Å². The van der Waals surface area contributed by atoms with Crippen molar-refractivity contribution in [2.75, 3.05) is 39.4 Å². The first-order valence-electron chi connectivity index (χ1n) is 7.84. The van der Waals surface area contributed by atoms with Crippen LogP contribution in [0.1, 0.15) is 17.2 Å². The van der Waals surface area contributed by atoms with Crippen LogP contribution in [0, 0.1) is 0 Å². The molecule has 2 atom stereocenters. The summed E-state index contributed by atoms with van der Waals surface area (Å²) in [5.74, 6) is 0. The Morgan fingerprint density at radius 3 is 2.91 bits per heavy atom. The molecule has 2 aliphatic rings. The average Bonchev–Trinajstić information content (AvgIpc) is 2.84. The van der Waals surface area contributed by atoms with Gasteiger partial charge >= 0.3 is 6.03 Å². The molecule has 120 valence electrons. The van der Waals surface area contributed by atoms with Gasteiger partial charge in [0.1, 0.15) is 0 Å². The largest absolute Gasteiger partial charge is 0.390 e. The van der Waals surface area contributed by atoms with Crippen molar-refractivity contribution in [3.8, 4) is 0 Å². The first-order chi connectivity index (χ1) is 10.7. The second kappa shape index (κ2) is 7.09. The van der Waals surface area contributed by atoms with Crippen LogP contribution >= 0.6 is 0 Å². The van der Waals surface area contributed by atoms with Crippen LogP contribution in [-0.4, -0.2) is 61.5 Å². The van der Waals surface area contributed by atoms with E-state index in [0.717, 1.165) is 44.0 Å². The van der Waals surface area contributed by atoms with Crippen molar-refractivity contribution < 1.29 is 14.6 Å². The van der Waals surface area contributed by atoms with E-state index in [2.05, 4.69) is 15.5 Å². The van der Waals surface area contributed by atoms with Crippen molar-refractivity contribution in [1.29, 1.82) is 0 Å². The summed E-state index contributed by atoms with van der Waals surface area (Å²) in [7, 11) is 0. The molecule has 1 aliphatic carbocycles. The minimum Gasteiger partial charge on any atom is -0.390 e. The monoisotopic (exact) mass is 305 g/mol. The third-order valence-electron chi connectivity index (χ3n) is 4.31. The molecule has 0 bridgehead atoms. The number of morpholine rings is 1. The summed E-state index contributed by atoms with van der Waals surface area (Å²) >= 11 is 0. The Labute approximate surface area is 130 Å². The molecule has 1 fully saturated rings. The second-order valence-corrected chi connectivity index (χ2v) is 5.80. The van der Waals surface area contributed by atoms with Crippen molar-refractivity contribution in [3.05, 3.63) is 35.4 Å². The molecular weight excluding hydrogens is 282 g/mol. The van der Waals surface area contributed by atoms with Gasteiger partial charge < -0.3 is 20.5 Å². The average molecular weight is 305 g/mol. The fourth-order valence-electron chi connectivity index (χ4n) is 3.09. The number of amides is 2. The van der Waals surface area contributed by atoms with E-state index in [0.29, 0.717) is 13.0 Å². The lowest BCUT2D eigenvalue weighted by Crippen LogP contribution is -2.45. The van der Waals surface area contributed by atoms with Gasteiger partial charge in [-0.05, 0) is 11.1 Å². The number of benzene rings is 1. The third-order valence-corrected chi connectivity index (χ3v) is 4.31. The molecule has 1 aromatic carbocycles. The number of urea groups is 1. The van der Waals surface area contributed by atoms with E-state index in [4.69, 9.17) is 4.74 Å². The van der Waals surface area contributed by atoms with Crippen molar-refractivity contribution in [2.24, 2.45) is 0 Å². The normalized spacial score (nSPS) is 24.8. The van der Waals surface area contributed by atoms with Gasteiger partial charge in [0.05, 0.1) is 25.4 Å². The van der Waals surface area contributed by atoms with Gasteiger partial charge in [-0.1, -0.05) is 24.3 Å². The lowest BCUT2D eigenvalue weighted by Gasteiger charge is -2.26. The van der Waals surface area contributed by atoms with Crippen LogP contribution in [0.4, 0.5) is 4.79 Å². The maximum Gasteiger partial charge on any atom is 0.315 e. The molecule has 3 rings (SSSR count). The van der Waals surface area contributed by atoms with Crippen LogP contribution in [0.2, 0.25) is 0 Å². The van der Waals surface area contributed by atoms with Gasteiger partial charge in [-0.15, -0.1) is 0 Å². The Morgan fingerprint density at radius 1 is 1.32 bits per heavy atom. The molecule has 0 aromatic heterocycles. The smallest absolute Gasteiger partial charge is 0.315 e. The predicted octanol–water partition coefficient (Wildman–Crippen LogP) is 0.276. The highest BCUT2D eigenvalue weighted by Crippen LogP contribution is 2.30. The fourth-order valence-corrected chi connectivity index (χ4v) is 3.09. The van der Waals surface area contributed by atoms with Gasteiger partial charge in [0, 0.05) is 32.6 Å². The Kier molecular flexibility index (Phi) is 4.92. The van der Waals surface area contributed by atoms with E-state index in [1.54, 1.807) is 0 Å². The Morgan fingerprint density at radius 2 is 2.09 bits per heavy atom. The maximum atomic E-state index is 12.0. The fraction of sp³-hybridized carbons (Fsp3) is 0.562. The summed E-state index contributed by atoms with van der Waals surface area (Å²) in [4.78, 5) is 14.3.